The van der Waals surface area contributed by atoms with E-state index in [-0.39, 0.29) is 5.97 Å². The maximum Gasteiger partial charge on any atom is 0.323 e. The van der Waals surface area contributed by atoms with Crippen molar-refractivity contribution >= 4 is 55.3 Å². The Kier molecular flexibility index (Phi) is 5.67. The number of nitrogens with zero attached hydrogens (tertiary/aromatic N) is 3. The van der Waals surface area contributed by atoms with Crippen molar-refractivity contribution in [3.63, 3.8) is 0 Å². The quantitative estimate of drug-likeness (QED) is 0.155. The first kappa shape index (κ1) is 25.7. The minimum atomic E-state index is -0.512. The molecule has 8 rings (SSSR count). The van der Waals surface area contributed by atoms with Crippen LogP contribution in [0.2, 0.25) is 0 Å². The Morgan fingerprint density at radius 2 is 1.26 bits per heavy atom. The van der Waals surface area contributed by atoms with Gasteiger partial charge in [0.25, 0.3) is 0 Å². The third-order valence-electron chi connectivity index (χ3n) is 9.22. The van der Waals surface area contributed by atoms with Crippen LogP contribution in [0.5, 0.6) is 5.75 Å². The van der Waals surface area contributed by atoms with Gasteiger partial charge in [0, 0.05) is 88.1 Å². The molecule has 0 amide bonds. The lowest BCUT2D eigenvalue weighted by Gasteiger charge is -2.19. The number of hydrogen-bond acceptors (Lipinski definition) is 3. The monoisotopic (exact) mass is 563 g/mol. The second-order valence-corrected chi connectivity index (χ2v) is 11.7. The third kappa shape index (κ3) is 3.67. The Labute approximate surface area is 250 Å². The number of ether oxygens (including phenoxy) is 1. The topological polar surface area (TPSA) is 39.4 Å². The zero-order valence-electron chi connectivity index (χ0n) is 24.9. The molecule has 0 radical (unpaired) electrons. The highest BCUT2D eigenvalue weighted by molar-refractivity contribution is 6.11. The molecule has 5 heteroatoms. The highest BCUT2D eigenvalue weighted by Gasteiger charge is 2.38. The molecule has 0 bridgehead atoms. The van der Waals surface area contributed by atoms with Crippen molar-refractivity contribution in [1.29, 1.82) is 0 Å². The largest absolute Gasteiger partial charge is 0.425 e. The molecule has 1 unspecified atom stereocenters. The van der Waals surface area contributed by atoms with Crippen molar-refractivity contribution in [2.24, 2.45) is 0 Å². The van der Waals surface area contributed by atoms with Crippen LogP contribution in [0.3, 0.4) is 0 Å². The van der Waals surface area contributed by atoms with Gasteiger partial charge in [-0.05, 0) is 73.0 Å². The maximum atomic E-state index is 13.7. The fourth-order valence-corrected chi connectivity index (χ4v) is 7.23. The van der Waals surface area contributed by atoms with Gasteiger partial charge in [-0.3, -0.25) is 4.79 Å². The van der Waals surface area contributed by atoms with Crippen LogP contribution in [0.15, 0.2) is 97.1 Å². The molecule has 1 atom stereocenters. The molecule has 3 heterocycles. The van der Waals surface area contributed by atoms with E-state index in [1.807, 2.05) is 20.2 Å². The number of aromatic nitrogens is 2. The second-order valence-electron chi connectivity index (χ2n) is 11.7. The summed E-state index contributed by atoms with van der Waals surface area (Å²) in [6, 6.07) is 34.5. The van der Waals surface area contributed by atoms with Gasteiger partial charge in [-0.25, -0.2) is 0 Å². The number of carbonyl (C=O) groups is 1. The molecule has 0 fully saturated rings. The zero-order valence-corrected chi connectivity index (χ0v) is 24.9. The number of aryl methyl sites for hydroxylation is 2. The second kappa shape index (κ2) is 9.50. The van der Waals surface area contributed by atoms with Gasteiger partial charge in [0.05, 0.1) is 0 Å². The van der Waals surface area contributed by atoms with E-state index in [4.69, 9.17) is 4.74 Å². The lowest BCUT2D eigenvalue weighted by atomic mass is 9.85. The maximum absolute atomic E-state index is 13.7. The number of rotatable bonds is 5. The molecule has 43 heavy (non-hydrogen) atoms. The van der Waals surface area contributed by atoms with Crippen LogP contribution in [0.25, 0.3) is 54.7 Å². The van der Waals surface area contributed by atoms with Crippen molar-refractivity contribution < 1.29 is 9.53 Å². The van der Waals surface area contributed by atoms with Gasteiger partial charge in [-0.1, -0.05) is 48.5 Å². The number of carbonyl (C=O) groups excluding carboxylic acids is 1. The summed E-state index contributed by atoms with van der Waals surface area (Å²) in [5, 5.41) is 4.82. The van der Waals surface area contributed by atoms with Gasteiger partial charge in [-0.15, -0.1) is 0 Å². The minimum absolute atomic E-state index is 0.227. The molecule has 212 valence electrons. The number of fused-ring (bicyclic) bond motifs is 7. The van der Waals surface area contributed by atoms with Gasteiger partial charge in [-0.2, -0.15) is 0 Å². The van der Waals surface area contributed by atoms with Gasteiger partial charge in [0.1, 0.15) is 11.7 Å². The average Bonchev–Trinajstić information content (AvgIpc) is 3.65. The van der Waals surface area contributed by atoms with E-state index >= 15 is 0 Å². The molecule has 0 spiro atoms. The Balaban J connectivity index is 1.37. The molecule has 0 aliphatic carbocycles. The molecule has 0 saturated heterocycles. The SMILES string of the molecule is CCn1c2ccccc2c2cc(-c3cc(N(C)C)cc4c3C(c3ccc5c(c3)c3ccccc3n5CC)C(=O)O4)ccc21. The number of para-hydroxylation sites is 2. The summed E-state index contributed by atoms with van der Waals surface area (Å²) in [5.41, 5.74) is 9.85. The van der Waals surface area contributed by atoms with Crippen LogP contribution in [-0.4, -0.2) is 29.2 Å². The molecule has 1 aliphatic heterocycles. The number of esters is 1. The minimum Gasteiger partial charge on any atom is -0.425 e. The smallest absolute Gasteiger partial charge is 0.323 e. The van der Waals surface area contributed by atoms with Crippen LogP contribution in [0, 0.1) is 0 Å². The van der Waals surface area contributed by atoms with Crippen LogP contribution in [-0.2, 0) is 17.9 Å². The first-order valence-corrected chi connectivity index (χ1v) is 15.1. The zero-order chi connectivity index (χ0) is 29.4. The van der Waals surface area contributed by atoms with E-state index in [9.17, 15) is 4.79 Å². The van der Waals surface area contributed by atoms with Crippen molar-refractivity contribution in [3.8, 4) is 16.9 Å². The molecule has 5 nitrogen and oxygen atoms in total. The summed E-state index contributed by atoms with van der Waals surface area (Å²) in [5.74, 6) is -0.0974. The third-order valence-corrected chi connectivity index (χ3v) is 9.22. The van der Waals surface area contributed by atoms with E-state index < -0.39 is 5.92 Å². The van der Waals surface area contributed by atoms with Crippen molar-refractivity contribution in [3.05, 3.63) is 108 Å². The Bertz CT molecular complexity index is 2250. The predicted octanol–water partition coefficient (Wildman–Crippen LogP) is 8.73. The number of benzene rings is 5. The Morgan fingerprint density at radius 1 is 0.674 bits per heavy atom. The molecule has 1 aliphatic rings. The van der Waals surface area contributed by atoms with Crippen LogP contribution >= 0.6 is 0 Å². The number of hydrogen-bond donors (Lipinski definition) is 0. The fraction of sp³-hybridized carbons (Fsp3) is 0.184. The van der Waals surface area contributed by atoms with E-state index in [1.54, 1.807) is 0 Å². The molecular weight excluding hydrogens is 530 g/mol. The summed E-state index contributed by atoms with van der Waals surface area (Å²) in [7, 11) is 4.05. The van der Waals surface area contributed by atoms with Crippen LogP contribution < -0.4 is 9.64 Å². The molecule has 2 aromatic heterocycles. The fourth-order valence-electron chi connectivity index (χ4n) is 7.23. The lowest BCUT2D eigenvalue weighted by Crippen LogP contribution is -2.12. The van der Waals surface area contributed by atoms with E-state index in [2.05, 4.69) is 119 Å². The average molecular weight is 564 g/mol. The van der Waals surface area contributed by atoms with E-state index in [0.29, 0.717) is 5.75 Å². The Morgan fingerprint density at radius 3 is 1.88 bits per heavy atom. The lowest BCUT2D eigenvalue weighted by molar-refractivity contribution is -0.133. The van der Waals surface area contributed by atoms with E-state index in [1.165, 1.54) is 38.2 Å². The summed E-state index contributed by atoms with van der Waals surface area (Å²) >= 11 is 0. The van der Waals surface area contributed by atoms with Gasteiger partial charge in [0.2, 0.25) is 0 Å². The van der Waals surface area contributed by atoms with Crippen molar-refractivity contribution in [1.82, 2.24) is 9.13 Å². The number of anilines is 1. The summed E-state index contributed by atoms with van der Waals surface area (Å²) in [6.07, 6.45) is 0. The van der Waals surface area contributed by atoms with Gasteiger partial charge < -0.3 is 18.8 Å². The molecule has 7 aromatic rings. The first-order chi connectivity index (χ1) is 21.0. The summed E-state index contributed by atoms with van der Waals surface area (Å²) in [4.78, 5) is 15.8. The van der Waals surface area contributed by atoms with Crippen LogP contribution in [0.1, 0.15) is 30.9 Å². The first-order valence-electron chi connectivity index (χ1n) is 15.1. The van der Waals surface area contributed by atoms with E-state index in [0.717, 1.165) is 46.4 Å². The molecular formula is C38H33N3O2. The van der Waals surface area contributed by atoms with Gasteiger partial charge >= 0.3 is 5.97 Å². The van der Waals surface area contributed by atoms with Crippen molar-refractivity contribution in [2.45, 2.75) is 32.9 Å². The van der Waals surface area contributed by atoms with Crippen LogP contribution in [0.4, 0.5) is 5.69 Å². The normalized spacial score (nSPS) is 14.7. The summed E-state index contributed by atoms with van der Waals surface area (Å²) in [6.45, 7) is 6.14. The van der Waals surface area contributed by atoms with Gasteiger partial charge in [0.15, 0.2) is 0 Å². The van der Waals surface area contributed by atoms with Crippen molar-refractivity contribution in [2.75, 3.05) is 19.0 Å². The highest BCUT2D eigenvalue weighted by atomic mass is 16.5. The summed E-state index contributed by atoms with van der Waals surface area (Å²) < 4.78 is 10.8. The molecule has 0 N–H and O–H groups in total. The Hall–Kier alpha value is -5.03. The highest BCUT2D eigenvalue weighted by Crippen LogP contribution is 2.48. The molecule has 0 saturated carbocycles. The predicted molar refractivity (Wildman–Crippen MR) is 177 cm³/mol. The standard InChI is InChI=1S/C38H33N3O2/c1-5-40-31-13-9-7-11-26(31)29-19-23(15-17-33(29)40)28-21-25(39(3)4)22-35-37(28)36(38(42)43-35)24-16-18-34-30(20-24)27-12-8-10-14-32(27)41(34)6-2/h7-22,36H,5-6H2,1-4H3. The molecule has 5 aromatic carbocycles.